The molecule has 402 valence electrons. The molecule has 10 aromatic carbocycles. The van der Waals surface area contributed by atoms with Gasteiger partial charge in [0.1, 0.15) is 0 Å². The molecule has 0 unspecified atom stereocenters. The molecular formula is C76H76BN3Si. The molecule has 0 aromatic heterocycles. The fraction of sp³-hybridized carbons (Fsp3) is 0.211. The second-order valence-electron chi connectivity index (χ2n) is 26.6. The fourth-order valence-corrected chi connectivity index (χ4v) is 18.2. The molecule has 0 bridgehead atoms. The van der Waals surface area contributed by atoms with E-state index < -0.39 is 8.07 Å². The Kier molecular flexibility index (Phi) is 13.3. The van der Waals surface area contributed by atoms with Crippen LogP contribution >= 0.6 is 0 Å². The lowest BCUT2D eigenvalue weighted by Crippen LogP contribution is -2.75. The molecule has 0 fully saturated rings. The van der Waals surface area contributed by atoms with Crippen molar-refractivity contribution < 1.29 is 0 Å². The van der Waals surface area contributed by atoms with Crippen molar-refractivity contribution in [1.82, 2.24) is 0 Å². The maximum atomic E-state index is 2.71. The third kappa shape index (κ3) is 9.15. The Bertz CT molecular complexity index is 3720. The summed E-state index contributed by atoms with van der Waals surface area (Å²) in [5.41, 5.74) is 19.2. The minimum absolute atomic E-state index is 0.140. The van der Waals surface area contributed by atoms with Gasteiger partial charge in [0, 0.05) is 39.8 Å². The van der Waals surface area contributed by atoms with Crippen LogP contribution in [0.25, 0.3) is 0 Å². The largest absolute Gasteiger partial charge is 0.311 e. The van der Waals surface area contributed by atoms with Crippen LogP contribution < -0.4 is 51.8 Å². The zero-order chi connectivity index (χ0) is 56.6. The minimum Gasteiger partial charge on any atom is -0.311 e. The van der Waals surface area contributed by atoms with Crippen LogP contribution in [0.3, 0.4) is 0 Å². The predicted molar refractivity (Wildman–Crippen MR) is 354 cm³/mol. The average Bonchev–Trinajstić information content (AvgIpc) is 3.65. The van der Waals surface area contributed by atoms with Crippen molar-refractivity contribution in [3.05, 3.63) is 265 Å². The summed E-state index contributed by atoms with van der Waals surface area (Å²) < 4.78 is 0. The second-order valence-corrected chi connectivity index (χ2v) is 30.4. The number of anilines is 9. The van der Waals surface area contributed by atoms with Gasteiger partial charge in [-0.25, -0.2) is 0 Å². The van der Waals surface area contributed by atoms with Crippen molar-refractivity contribution in [2.24, 2.45) is 0 Å². The van der Waals surface area contributed by atoms with E-state index in [0.717, 1.165) is 17.1 Å². The van der Waals surface area contributed by atoms with Crippen molar-refractivity contribution in [1.29, 1.82) is 0 Å². The van der Waals surface area contributed by atoms with E-state index in [2.05, 4.69) is 340 Å². The minimum atomic E-state index is -3.02. The zero-order valence-corrected chi connectivity index (χ0v) is 50.5. The standard InChI is InChI=1S/C76H76BN3Si/c1-73(2,3)60-41-28-42-61(74(4,5)6)71(60)79-66-50-48-59(81(56-35-22-15-23-36-56,57-37-24-16-25-38-57)58-39-26-17-27-40-58)52-65(66)77-64-49-47-55(78(53-31-18-13-19-32-53)54-33-20-14-21-34-54)51-69(64)80(68-46-30-45-67(79)70(68)77)72-62(75(7,8)9)43-29-44-63(72)76(10,11)12/h13-52H,1-12H3. The van der Waals surface area contributed by atoms with E-state index in [1.165, 1.54) is 93.5 Å². The summed E-state index contributed by atoms with van der Waals surface area (Å²) in [5, 5.41) is 5.44. The van der Waals surface area contributed by atoms with Crippen LogP contribution in [-0.2, 0) is 21.7 Å². The lowest BCUT2D eigenvalue weighted by molar-refractivity contribution is 0.569. The van der Waals surface area contributed by atoms with E-state index in [1.54, 1.807) is 0 Å². The molecule has 0 saturated carbocycles. The molecule has 2 heterocycles. The maximum absolute atomic E-state index is 3.02. The predicted octanol–water partition coefficient (Wildman–Crippen LogP) is 15.8. The number of hydrogen-bond acceptors (Lipinski definition) is 3. The Morgan fingerprint density at radius 1 is 0.296 bits per heavy atom. The van der Waals surface area contributed by atoms with E-state index >= 15 is 0 Å². The lowest BCUT2D eigenvalue weighted by Gasteiger charge is -2.48. The molecular weight excluding hydrogens is 994 g/mol. The Labute approximate surface area is 484 Å². The van der Waals surface area contributed by atoms with Gasteiger partial charge in [-0.15, -0.1) is 0 Å². The smallest absolute Gasteiger partial charge is 0.252 e. The van der Waals surface area contributed by atoms with Crippen molar-refractivity contribution >= 4 is 103 Å². The normalized spacial score (nSPS) is 13.4. The van der Waals surface area contributed by atoms with E-state index in [1.807, 2.05) is 0 Å². The van der Waals surface area contributed by atoms with Crippen LogP contribution in [0.15, 0.2) is 243 Å². The van der Waals surface area contributed by atoms with Gasteiger partial charge in [0.05, 0.1) is 11.4 Å². The van der Waals surface area contributed by atoms with Gasteiger partial charge in [0.2, 0.25) is 0 Å². The second kappa shape index (κ2) is 20.1. The monoisotopic (exact) mass is 1070 g/mol. The van der Waals surface area contributed by atoms with Crippen LogP contribution in [0.2, 0.25) is 0 Å². The van der Waals surface area contributed by atoms with Gasteiger partial charge in [-0.05, 0) is 136 Å². The molecule has 5 heteroatoms. The van der Waals surface area contributed by atoms with E-state index in [4.69, 9.17) is 0 Å². The highest BCUT2D eigenvalue weighted by Gasteiger charge is 2.49. The topological polar surface area (TPSA) is 9.72 Å². The van der Waals surface area contributed by atoms with Crippen molar-refractivity contribution in [3.8, 4) is 0 Å². The molecule has 0 N–H and O–H groups in total. The van der Waals surface area contributed by atoms with E-state index in [0.29, 0.717) is 0 Å². The van der Waals surface area contributed by atoms with Crippen LogP contribution in [0.1, 0.15) is 105 Å². The van der Waals surface area contributed by atoms with E-state index in [9.17, 15) is 0 Å². The molecule has 2 aliphatic rings. The first-order valence-electron chi connectivity index (χ1n) is 29.1. The number of benzene rings is 10. The quantitative estimate of drug-likeness (QED) is 0.105. The zero-order valence-electron chi connectivity index (χ0n) is 49.5. The first-order chi connectivity index (χ1) is 38.8. The number of nitrogens with zero attached hydrogens (tertiary/aromatic N) is 3. The van der Waals surface area contributed by atoms with Crippen LogP contribution in [0, 0.1) is 0 Å². The van der Waals surface area contributed by atoms with Crippen molar-refractivity contribution in [2.45, 2.75) is 105 Å². The van der Waals surface area contributed by atoms with Gasteiger partial charge >= 0.3 is 0 Å². The summed E-state index contributed by atoms with van der Waals surface area (Å²) in [4.78, 5) is 7.83. The molecule has 0 amide bonds. The van der Waals surface area contributed by atoms with Crippen LogP contribution in [0.5, 0.6) is 0 Å². The molecule has 2 aliphatic heterocycles. The summed E-state index contributed by atoms with van der Waals surface area (Å²) in [7, 11) is -3.02. The highest BCUT2D eigenvalue weighted by molar-refractivity contribution is 7.20. The molecule has 0 spiro atoms. The van der Waals surface area contributed by atoms with Crippen molar-refractivity contribution in [2.75, 3.05) is 14.7 Å². The summed E-state index contributed by atoms with van der Waals surface area (Å²) in [5.74, 6) is 0. The molecule has 3 nitrogen and oxygen atoms in total. The molecule has 0 atom stereocenters. The summed E-state index contributed by atoms with van der Waals surface area (Å²) in [6.07, 6.45) is 0. The molecule has 0 aliphatic carbocycles. The third-order valence-electron chi connectivity index (χ3n) is 17.1. The SMILES string of the molecule is CC(C)(C)c1cccc(C(C)(C)C)c1N1c2ccc([Si](c3ccccc3)(c3ccccc3)c3ccccc3)cc2B2c3ccc(N(c4ccccc4)c4ccccc4)cc3N(c3c(C(C)(C)C)cccc3C(C)(C)C)c3cccc1c32. The molecule has 10 aromatic rings. The van der Waals surface area contributed by atoms with Gasteiger partial charge in [0.25, 0.3) is 6.71 Å². The summed E-state index contributed by atoms with van der Waals surface area (Å²) in [6.45, 7) is 28.5. The number of rotatable bonds is 9. The Balaban J connectivity index is 1.26. The third-order valence-corrected chi connectivity index (χ3v) is 21.8. The Morgan fingerprint density at radius 3 is 1.06 bits per heavy atom. The highest BCUT2D eigenvalue weighted by Crippen LogP contribution is 2.52. The van der Waals surface area contributed by atoms with Gasteiger partial charge in [-0.1, -0.05) is 271 Å². The lowest BCUT2D eigenvalue weighted by atomic mass is 9.33. The van der Waals surface area contributed by atoms with Gasteiger partial charge in [-0.3, -0.25) is 0 Å². The first kappa shape index (κ1) is 53.5. The molecule has 81 heavy (non-hydrogen) atoms. The number of para-hydroxylation sites is 4. The van der Waals surface area contributed by atoms with Crippen LogP contribution in [0.4, 0.5) is 51.2 Å². The van der Waals surface area contributed by atoms with Gasteiger partial charge < -0.3 is 14.7 Å². The summed E-state index contributed by atoms with van der Waals surface area (Å²) >= 11 is 0. The Morgan fingerprint density at radius 2 is 0.667 bits per heavy atom. The van der Waals surface area contributed by atoms with Gasteiger partial charge in [-0.2, -0.15) is 0 Å². The highest BCUT2D eigenvalue weighted by atomic mass is 28.3. The van der Waals surface area contributed by atoms with Crippen LogP contribution in [-0.4, -0.2) is 14.8 Å². The number of hydrogen-bond donors (Lipinski definition) is 0. The Hall–Kier alpha value is -8.12. The number of fused-ring (bicyclic) bond motifs is 4. The maximum Gasteiger partial charge on any atom is 0.252 e. The van der Waals surface area contributed by atoms with Crippen molar-refractivity contribution in [3.63, 3.8) is 0 Å². The average molecular weight is 1070 g/mol. The molecule has 12 rings (SSSR count). The fourth-order valence-electron chi connectivity index (χ4n) is 13.4. The van der Waals surface area contributed by atoms with E-state index in [-0.39, 0.29) is 28.4 Å². The molecule has 0 saturated heterocycles. The summed E-state index contributed by atoms with van der Waals surface area (Å²) in [6, 6.07) is 92.5. The molecule has 0 radical (unpaired) electrons. The van der Waals surface area contributed by atoms with Gasteiger partial charge in [0.15, 0.2) is 8.07 Å². The first-order valence-corrected chi connectivity index (χ1v) is 31.1.